The molecule has 1 aromatic carbocycles. The number of H-pyrrole nitrogens is 1. The zero-order valence-corrected chi connectivity index (χ0v) is 7.68. The SMILES string of the molecule is C#CCCc1cc2cc(F)ccc2[nH]1. The van der Waals surface area contributed by atoms with Crippen molar-refractivity contribution in [3.8, 4) is 12.3 Å². The van der Waals surface area contributed by atoms with Crippen molar-refractivity contribution in [2.75, 3.05) is 0 Å². The van der Waals surface area contributed by atoms with Gasteiger partial charge in [-0.1, -0.05) is 0 Å². The summed E-state index contributed by atoms with van der Waals surface area (Å²) in [7, 11) is 0. The summed E-state index contributed by atoms with van der Waals surface area (Å²) in [5.41, 5.74) is 2.02. The number of terminal acetylenes is 1. The molecule has 2 heteroatoms. The molecule has 2 aromatic rings. The summed E-state index contributed by atoms with van der Waals surface area (Å²) in [5.74, 6) is 2.37. The van der Waals surface area contributed by atoms with E-state index in [1.165, 1.54) is 12.1 Å². The number of hydrogen-bond donors (Lipinski definition) is 1. The van der Waals surface area contributed by atoms with Crippen LogP contribution in [0.15, 0.2) is 24.3 Å². The van der Waals surface area contributed by atoms with Crippen LogP contribution in [0.5, 0.6) is 0 Å². The number of rotatable bonds is 2. The Hall–Kier alpha value is -1.75. The summed E-state index contributed by atoms with van der Waals surface area (Å²) in [6, 6.07) is 6.65. The lowest BCUT2D eigenvalue weighted by Gasteiger charge is -1.89. The van der Waals surface area contributed by atoms with E-state index < -0.39 is 0 Å². The van der Waals surface area contributed by atoms with Gasteiger partial charge in [-0.3, -0.25) is 0 Å². The first-order valence-corrected chi connectivity index (χ1v) is 4.50. The van der Waals surface area contributed by atoms with Crippen molar-refractivity contribution in [3.05, 3.63) is 35.8 Å². The summed E-state index contributed by atoms with van der Waals surface area (Å²) < 4.78 is 12.9. The number of aromatic nitrogens is 1. The van der Waals surface area contributed by atoms with Crippen LogP contribution < -0.4 is 0 Å². The van der Waals surface area contributed by atoms with E-state index in [-0.39, 0.29) is 5.82 Å². The smallest absolute Gasteiger partial charge is 0.123 e. The third-order valence-electron chi connectivity index (χ3n) is 2.18. The van der Waals surface area contributed by atoms with Crippen LogP contribution in [0.1, 0.15) is 12.1 Å². The van der Waals surface area contributed by atoms with E-state index in [4.69, 9.17) is 6.42 Å². The van der Waals surface area contributed by atoms with Gasteiger partial charge in [0, 0.05) is 23.0 Å². The van der Waals surface area contributed by atoms with Crippen LogP contribution >= 0.6 is 0 Å². The predicted octanol–water partition coefficient (Wildman–Crippen LogP) is 2.87. The molecule has 0 spiro atoms. The molecule has 1 heterocycles. The third kappa shape index (κ3) is 1.62. The highest BCUT2D eigenvalue weighted by Crippen LogP contribution is 2.17. The van der Waals surface area contributed by atoms with Gasteiger partial charge in [0.2, 0.25) is 0 Å². The van der Waals surface area contributed by atoms with E-state index >= 15 is 0 Å². The molecule has 0 aliphatic carbocycles. The lowest BCUT2D eigenvalue weighted by Crippen LogP contribution is -1.81. The molecule has 1 nitrogen and oxygen atoms in total. The number of benzene rings is 1. The molecule has 0 aliphatic rings. The maximum absolute atomic E-state index is 12.9. The number of nitrogens with one attached hydrogen (secondary N) is 1. The Morgan fingerprint density at radius 1 is 1.36 bits per heavy atom. The second-order valence-corrected chi connectivity index (χ2v) is 3.23. The van der Waals surface area contributed by atoms with Gasteiger partial charge in [0.15, 0.2) is 0 Å². The first-order chi connectivity index (χ1) is 6.79. The third-order valence-corrected chi connectivity index (χ3v) is 2.18. The van der Waals surface area contributed by atoms with E-state index in [9.17, 15) is 4.39 Å². The van der Waals surface area contributed by atoms with E-state index in [0.717, 1.165) is 23.0 Å². The van der Waals surface area contributed by atoms with Crippen LogP contribution in [0.25, 0.3) is 10.9 Å². The standard InChI is InChI=1S/C12H10FN/c1-2-3-4-11-8-9-7-10(13)5-6-12(9)14-11/h1,5-8,14H,3-4H2. The molecule has 14 heavy (non-hydrogen) atoms. The minimum Gasteiger partial charge on any atom is -0.358 e. The van der Waals surface area contributed by atoms with Gasteiger partial charge in [-0.25, -0.2) is 4.39 Å². The number of aromatic amines is 1. The summed E-state index contributed by atoms with van der Waals surface area (Å²) in [5, 5.41) is 0.900. The van der Waals surface area contributed by atoms with E-state index in [1.807, 2.05) is 6.07 Å². The summed E-state index contributed by atoms with van der Waals surface area (Å²) in [6.45, 7) is 0. The Labute approximate surface area is 81.9 Å². The first kappa shape index (κ1) is 8.83. The van der Waals surface area contributed by atoms with E-state index in [1.54, 1.807) is 6.07 Å². The molecule has 0 unspecified atom stereocenters. The van der Waals surface area contributed by atoms with Crippen molar-refractivity contribution in [1.29, 1.82) is 0 Å². The van der Waals surface area contributed by atoms with Gasteiger partial charge in [0.1, 0.15) is 5.82 Å². The largest absolute Gasteiger partial charge is 0.358 e. The quantitative estimate of drug-likeness (QED) is 0.696. The minimum absolute atomic E-state index is 0.208. The highest BCUT2D eigenvalue weighted by atomic mass is 19.1. The van der Waals surface area contributed by atoms with Gasteiger partial charge in [-0.2, -0.15) is 0 Å². The maximum Gasteiger partial charge on any atom is 0.123 e. The molecule has 1 aromatic heterocycles. The number of halogens is 1. The molecule has 0 atom stereocenters. The summed E-state index contributed by atoms with van der Waals surface area (Å²) in [4.78, 5) is 3.20. The Bertz CT molecular complexity index is 490. The van der Waals surface area contributed by atoms with Crippen molar-refractivity contribution in [3.63, 3.8) is 0 Å². The Morgan fingerprint density at radius 2 is 2.21 bits per heavy atom. The van der Waals surface area contributed by atoms with Gasteiger partial charge >= 0.3 is 0 Å². The number of hydrogen-bond acceptors (Lipinski definition) is 0. The topological polar surface area (TPSA) is 15.8 Å². The zero-order chi connectivity index (χ0) is 9.97. The minimum atomic E-state index is -0.208. The zero-order valence-electron chi connectivity index (χ0n) is 7.68. The second-order valence-electron chi connectivity index (χ2n) is 3.23. The lowest BCUT2D eigenvalue weighted by molar-refractivity contribution is 0.630. The van der Waals surface area contributed by atoms with Gasteiger partial charge in [-0.15, -0.1) is 12.3 Å². The molecule has 0 radical (unpaired) electrons. The van der Waals surface area contributed by atoms with Gasteiger partial charge < -0.3 is 4.98 Å². The maximum atomic E-state index is 12.9. The molecule has 0 amide bonds. The lowest BCUT2D eigenvalue weighted by atomic mass is 10.2. The predicted molar refractivity (Wildman–Crippen MR) is 55.4 cm³/mol. The van der Waals surface area contributed by atoms with Gasteiger partial charge in [-0.05, 0) is 30.7 Å². The molecular weight excluding hydrogens is 177 g/mol. The Morgan fingerprint density at radius 3 is 3.00 bits per heavy atom. The molecule has 2 rings (SSSR count). The molecule has 0 saturated heterocycles. The van der Waals surface area contributed by atoms with Gasteiger partial charge in [0.05, 0.1) is 0 Å². The van der Waals surface area contributed by atoms with E-state index in [0.29, 0.717) is 6.42 Å². The Balaban J connectivity index is 2.37. The normalized spacial score (nSPS) is 10.3. The molecule has 0 aliphatic heterocycles. The van der Waals surface area contributed by atoms with Crippen LogP contribution in [-0.2, 0) is 6.42 Å². The first-order valence-electron chi connectivity index (χ1n) is 4.50. The second kappa shape index (κ2) is 3.55. The van der Waals surface area contributed by atoms with Gasteiger partial charge in [0.25, 0.3) is 0 Å². The van der Waals surface area contributed by atoms with Crippen LogP contribution in [0, 0.1) is 18.2 Å². The summed E-state index contributed by atoms with van der Waals surface area (Å²) in [6.07, 6.45) is 6.69. The number of fused-ring (bicyclic) bond motifs is 1. The van der Waals surface area contributed by atoms with Crippen molar-refractivity contribution in [2.45, 2.75) is 12.8 Å². The van der Waals surface area contributed by atoms with Crippen molar-refractivity contribution < 1.29 is 4.39 Å². The van der Waals surface area contributed by atoms with Crippen molar-refractivity contribution in [1.82, 2.24) is 4.98 Å². The van der Waals surface area contributed by atoms with Crippen LogP contribution in [0.2, 0.25) is 0 Å². The molecular formula is C12H10FN. The molecule has 70 valence electrons. The van der Waals surface area contributed by atoms with Crippen molar-refractivity contribution >= 4 is 10.9 Å². The molecule has 1 N–H and O–H groups in total. The molecule has 0 fully saturated rings. The average molecular weight is 187 g/mol. The highest BCUT2D eigenvalue weighted by Gasteiger charge is 2.00. The fourth-order valence-corrected chi connectivity index (χ4v) is 1.51. The molecule has 0 saturated carbocycles. The van der Waals surface area contributed by atoms with Crippen molar-refractivity contribution in [2.24, 2.45) is 0 Å². The van der Waals surface area contributed by atoms with E-state index in [2.05, 4.69) is 10.9 Å². The fourth-order valence-electron chi connectivity index (χ4n) is 1.51. The average Bonchev–Trinajstić information content (AvgIpc) is 2.56. The Kier molecular flexibility index (Phi) is 2.24. The van der Waals surface area contributed by atoms with Crippen LogP contribution in [0.4, 0.5) is 4.39 Å². The fraction of sp³-hybridized carbons (Fsp3) is 0.167. The van der Waals surface area contributed by atoms with Crippen LogP contribution in [-0.4, -0.2) is 4.98 Å². The van der Waals surface area contributed by atoms with Crippen LogP contribution in [0.3, 0.4) is 0 Å². The molecule has 0 bridgehead atoms. The monoisotopic (exact) mass is 187 g/mol. The summed E-state index contributed by atoms with van der Waals surface area (Å²) >= 11 is 0. The highest BCUT2D eigenvalue weighted by molar-refractivity contribution is 5.80. The number of aryl methyl sites for hydroxylation is 1.